The second-order valence-electron chi connectivity index (χ2n) is 3.85. The molecule has 0 radical (unpaired) electrons. The molecule has 2 aromatic rings. The summed E-state index contributed by atoms with van der Waals surface area (Å²) >= 11 is 0. The highest BCUT2D eigenvalue weighted by atomic mass is 19.1. The smallest absolute Gasteiger partial charge is 0.165 e. The number of hydrogen-bond donors (Lipinski definition) is 1. The lowest BCUT2D eigenvalue weighted by atomic mass is 10.1. The van der Waals surface area contributed by atoms with Crippen molar-refractivity contribution in [3.8, 4) is 5.75 Å². The van der Waals surface area contributed by atoms with E-state index < -0.39 is 5.82 Å². The molecule has 3 nitrogen and oxygen atoms in total. The molecule has 1 unspecified atom stereocenters. The van der Waals surface area contributed by atoms with Crippen molar-refractivity contribution in [2.45, 2.75) is 19.6 Å². The van der Waals surface area contributed by atoms with Crippen LogP contribution in [0.5, 0.6) is 5.75 Å². The van der Waals surface area contributed by atoms with E-state index in [1.165, 1.54) is 6.07 Å². The number of ether oxygens (including phenoxy) is 1. The Morgan fingerprint density at radius 1 is 1.41 bits per heavy atom. The molecule has 1 aromatic heterocycles. The maximum atomic E-state index is 13.6. The molecule has 0 spiro atoms. The third-order valence-electron chi connectivity index (χ3n) is 2.43. The fraction of sp³-hybridized carbons (Fsp3) is 0.231. The molecule has 0 saturated heterocycles. The highest BCUT2D eigenvalue weighted by Gasteiger charge is 2.08. The van der Waals surface area contributed by atoms with Crippen LogP contribution >= 0.6 is 0 Å². The van der Waals surface area contributed by atoms with E-state index in [0.29, 0.717) is 5.76 Å². The Labute approximate surface area is 99.0 Å². The van der Waals surface area contributed by atoms with Crippen molar-refractivity contribution in [3.05, 3.63) is 53.7 Å². The molecule has 0 bridgehead atoms. The molecular weight excluding hydrogens is 221 g/mol. The first-order valence-electron chi connectivity index (χ1n) is 5.37. The lowest BCUT2D eigenvalue weighted by Gasteiger charge is -2.09. The summed E-state index contributed by atoms with van der Waals surface area (Å²) in [5.74, 6) is 0.442. The molecule has 17 heavy (non-hydrogen) atoms. The largest absolute Gasteiger partial charge is 0.483 e. The van der Waals surface area contributed by atoms with Crippen LogP contribution in [0.25, 0.3) is 0 Å². The highest BCUT2D eigenvalue weighted by Crippen LogP contribution is 2.22. The van der Waals surface area contributed by atoms with Gasteiger partial charge in [0.15, 0.2) is 11.6 Å². The Morgan fingerprint density at radius 2 is 2.24 bits per heavy atom. The van der Waals surface area contributed by atoms with E-state index in [0.717, 1.165) is 5.56 Å². The number of nitrogens with two attached hydrogens (primary N) is 1. The number of rotatable bonds is 4. The van der Waals surface area contributed by atoms with Gasteiger partial charge in [-0.3, -0.25) is 0 Å². The molecule has 90 valence electrons. The van der Waals surface area contributed by atoms with Crippen molar-refractivity contribution in [2.24, 2.45) is 5.73 Å². The SMILES string of the molecule is CC(N)c1ccc(OCc2ccco2)c(F)c1. The van der Waals surface area contributed by atoms with Crippen molar-refractivity contribution in [3.63, 3.8) is 0 Å². The molecule has 4 heteroatoms. The first-order chi connectivity index (χ1) is 8.16. The van der Waals surface area contributed by atoms with Crippen LogP contribution in [0.4, 0.5) is 4.39 Å². The van der Waals surface area contributed by atoms with Gasteiger partial charge in [-0.15, -0.1) is 0 Å². The van der Waals surface area contributed by atoms with Crippen molar-refractivity contribution in [2.75, 3.05) is 0 Å². The van der Waals surface area contributed by atoms with Crippen LogP contribution in [0.3, 0.4) is 0 Å². The van der Waals surface area contributed by atoms with E-state index in [1.807, 2.05) is 0 Å². The Hall–Kier alpha value is -1.81. The van der Waals surface area contributed by atoms with Gasteiger partial charge in [-0.1, -0.05) is 6.07 Å². The third kappa shape index (κ3) is 2.85. The van der Waals surface area contributed by atoms with Gasteiger partial charge in [0.25, 0.3) is 0 Å². The summed E-state index contributed by atoms with van der Waals surface area (Å²) in [4.78, 5) is 0. The van der Waals surface area contributed by atoms with Crippen LogP contribution < -0.4 is 10.5 Å². The van der Waals surface area contributed by atoms with E-state index in [2.05, 4.69) is 0 Å². The zero-order valence-corrected chi connectivity index (χ0v) is 9.52. The van der Waals surface area contributed by atoms with Crippen LogP contribution in [-0.2, 0) is 6.61 Å². The Kier molecular flexibility index (Phi) is 3.44. The maximum absolute atomic E-state index is 13.6. The average Bonchev–Trinajstić information content (AvgIpc) is 2.80. The molecule has 2 rings (SSSR count). The standard InChI is InChI=1S/C13H14FNO2/c1-9(15)10-4-5-13(12(14)7-10)17-8-11-3-2-6-16-11/h2-7,9H,8,15H2,1H3. The third-order valence-corrected chi connectivity index (χ3v) is 2.43. The van der Waals surface area contributed by atoms with Crippen molar-refractivity contribution >= 4 is 0 Å². The Bertz CT molecular complexity index is 480. The summed E-state index contributed by atoms with van der Waals surface area (Å²) in [6.45, 7) is 2.01. The number of hydrogen-bond acceptors (Lipinski definition) is 3. The maximum Gasteiger partial charge on any atom is 0.165 e. The average molecular weight is 235 g/mol. The van der Waals surface area contributed by atoms with Crippen LogP contribution in [0.1, 0.15) is 24.3 Å². The van der Waals surface area contributed by atoms with E-state index in [1.54, 1.807) is 37.5 Å². The lowest BCUT2D eigenvalue weighted by molar-refractivity contribution is 0.258. The van der Waals surface area contributed by atoms with Crippen molar-refractivity contribution in [1.82, 2.24) is 0 Å². The molecule has 0 fully saturated rings. The summed E-state index contributed by atoms with van der Waals surface area (Å²) in [7, 11) is 0. The summed E-state index contributed by atoms with van der Waals surface area (Å²) in [5.41, 5.74) is 6.40. The van der Waals surface area contributed by atoms with Gasteiger partial charge in [-0.25, -0.2) is 4.39 Å². The van der Waals surface area contributed by atoms with Gasteiger partial charge in [0.05, 0.1) is 6.26 Å². The topological polar surface area (TPSA) is 48.4 Å². The molecule has 1 atom stereocenters. The molecule has 0 aliphatic rings. The van der Waals surface area contributed by atoms with Crippen LogP contribution in [0.15, 0.2) is 41.0 Å². The van der Waals surface area contributed by atoms with Crippen LogP contribution in [0, 0.1) is 5.82 Å². The monoisotopic (exact) mass is 235 g/mol. The summed E-state index contributed by atoms with van der Waals surface area (Å²) in [6.07, 6.45) is 1.55. The molecule has 1 heterocycles. The molecule has 2 N–H and O–H groups in total. The molecule has 0 saturated carbocycles. The van der Waals surface area contributed by atoms with E-state index in [-0.39, 0.29) is 18.4 Å². The van der Waals surface area contributed by atoms with Crippen LogP contribution in [-0.4, -0.2) is 0 Å². The quantitative estimate of drug-likeness (QED) is 0.886. The second-order valence-corrected chi connectivity index (χ2v) is 3.85. The predicted octanol–water partition coefficient (Wildman–Crippen LogP) is 3.02. The van der Waals surface area contributed by atoms with E-state index in [9.17, 15) is 4.39 Å². The number of furan rings is 1. The molecule has 0 aliphatic heterocycles. The van der Waals surface area contributed by atoms with Gasteiger partial charge in [-0.05, 0) is 36.8 Å². The molecular formula is C13H14FNO2. The minimum atomic E-state index is -0.411. The fourth-order valence-corrected chi connectivity index (χ4v) is 1.46. The summed E-state index contributed by atoms with van der Waals surface area (Å²) < 4.78 is 24.0. The van der Waals surface area contributed by atoms with Crippen molar-refractivity contribution < 1.29 is 13.5 Å². The summed E-state index contributed by atoms with van der Waals surface area (Å²) in [5, 5.41) is 0. The minimum absolute atomic E-state index is 0.191. The van der Waals surface area contributed by atoms with Gasteiger partial charge in [0, 0.05) is 6.04 Å². The Balaban J connectivity index is 2.06. The van der Waals surface area contributed by atoms with Gasteiger partial charge in [0.2, 0.25) is 0 Å². The molecule has 1 aromatic carbocycles. The number of benzene rings is 1. The zero-order chi connectivity index (χ0) is 12.3. The first kappa shape index (κ1) is 11.7. The van der Waals surface area contributed by atoms with E-state index >= 15 is 0 Å². The number of halogens is 1. The first-order valence-corrected chi connectivity index (χ1v) is 5.37. The lowest BCUT2D eigenvalue weighted by Crippen LogP contribution is -2.05. The van der Waals surface area contributed by atoms with E-state index in [4.69, 9.17) is 14.9 Å². The molecule has 0 aliphatic carbocycles. The predicted molar refractivity (Wildman–Crippen MR) is 62.0 cm³/mol. The minimum Gasteiger partial charge on any atom is -0.483 e. The normalized spacial score (nSPS) is 12.4. The van der Waals surface area contributed by atoms with Crippen molar-refractivity contribution in [1.29, 1.82) is 0 Å². The Morgan fingerprint density at radius 3 is 2.82 bits per heavy atom. The fourth-order valence-electron chi connectivity index (χ4n) is 1.46. The molecule has 0 amide bonds. The van der Waals surface area contributed by atoms with Gasteiger partial charge < -0.3 is 14.9 Å². The van der Waals surface area contributed by atoms with Gasteiger partial charge in [-0.2, -0.15) is 0 Å². The van der Waals surface area contributed by atoms with Gasteiger partial charge >= 0.3 is 0 Å². The van der Waals surface area contributed by atoms with Crippen LogP contribution in [0.2, 0.25) is 0 Å². The highest BCUT2D eigenvalue weighted by molar-refractivity contribution is 5.30. The zero-order valence-electron chi connectivity index (χ0n) is 9.52. The second kappa shape index (κ2) is 5.01. The summed E-state index contributed by atoms with van der Waals surface area (Å²) in [6, 6.07) is 8.07. The van der Waals surface area contributed by atoms with Gasteiger partial charge in [0.1, 0.15) is 12.4 Å².